The Labute approximate surface area is 145 Å². The van der Waals surface area contributed by atoms with Crippen molar-refractivity contribution in [2.24, 2.45) is 0 Å². The van der Waals surface area contributed by atoms with Crippen LogP contribution in [0.25, 0.3) is 0 Å². The first kappa shape index (κ1) is 17.9. The van der Waals surface area contributed by atoms with Gasteiger partial charge in [-0.1, -0.05) is 35.9 Å². The van der Waals surface area contributed by atoms with Gasteiger partial charge < -0.3 is 10.6 Å². The molecular weight excluding hydrogens is 331 g/mol. The van der Waals surface area contributed by atoms with Crippen molar-refractivity contribution >= 4 is 29.1 Å². The summed E-state index contributed by atoms with van der Waals surface area (Å²) in [5.41, 5.74) is 1.95. The second kappa shape index (κ2) is 8.45. The van der Waals surface area contributed by atoms with Gasteiger partial charge in [-0.2, -0.15) is 0 Å². The first-order valence-corrected chi connectivity index (χ1v) is 7.89. The van der Waals surface area contributed by atoms with Crippen molar-refractivity contribution in [1.82, 2.24) is 5.32 Å². The molecule has 0 aliphatic carbocycles. The Morgan fingerprint density at radius 2 is 1.88 bits per heavy atom. The van der Waals surface area contributed by atoms with Gasteiger partial charge in [-0.15, -0.1) is 0 Å². The molecule has 0 aliphatic heterocycles. The molecule has 0 saturated heterocycles. The van der Waals surface area contributed by atoms with E-state index in [1.165, 1.54) is 6.07 Å². The number of nitrogens with one attached hydrogen (secondary N) is 2. The summed E-state index contributed by atoms with van der Waals surface area (Å²) in [7, 11) is 0. The lowest BCUT2D eigenvalue weighted by molar-refractivity contribution is -0.126. The summed E-state index contributed by atoms with van der Waals surface area (Å²) in [6.07, 6.45) is 0.0661. The molecule has 2 amide bonds. The first-order chi connectivity index (χ1) is 11.5. The third-order valence-corrected chi connectivity index (χ3v) is 3.70. The van der Waals surface area contributed by atoms with Crippen LogP contribution in [0.4, 0.5) is 10.1 Å². The summed E-state index contributed by atoms with van der Waals surface area (Å²) in [5.74, 6) is -1.15. The maximum Gasteiger partial charge on any atom is 0.233 e. The van der Waals surface area contributed by atoms with Crippen molar-refractivity contribution in [2.45, 2.75) is 19.8 Å². The topological polar surface area (TPSA) is 58.2 Å². The molecule has 0 spiro atoms. The van der Waals surface area contributed by atoms with Gasteiger partial charge in [0, 0.05) is 17.3 Å². The molecule has 4 nitrogen and oxygen atoms in total. The smallest absolute Gasteiger partial charge is 0.233 e. The number of amides is 2. The second-order valence-electron chi connectivity index (χ2n) is 5.38. The van der Waals surface area contributed by atoms with Crippen LogP contribution in [0.3, 0.4) is 0 Å². The summed E-state index contributed by atoms with van der Waals surface area (Å²) in [4.78, 5) is 23.7. The minimum atomic E-state index is -0.427. The fourth-order valence-electron chi connectivity index (χ4n) is 2.17. The van der Waals surface area contributed by atoms with Crippen molar-refractivity contribution < 1.29 is 14.0 Å². The Morgan fingerprint density at radius 3 is 2.62 bits per heavy atom. The summed E-state index contributed by atoms with van der Waals surface area (Å²) in [6.45, 7) is 2.10. The van der Waals surface area contributed by atoms with Gasteiger partial charge in [-0.3, -0.25) is 9.59 Å². The van der Waals surface area contributed by atoms with Gasteiger partial charge in [-0.05, 0) is 42.7 Å². The molecular formula is C18H18ClFN2O2. The van der Waals surface area contributed by atoms with Gasteiger partial charge in [0.1, 0.15) is 12.2 Å². The number of hydrogen-bond donors (Lipinski definition) is 2. The van der Waals surface area contributed by atoms with Crippen LogP contribution in [-0.2, 0) is 16.0 Å². The van der Waals surface area contributed by atoms with Crippen LogP contribution >= 0.6 is 11.6 Å². The van der Waals surface area contributed by atoms with E-state index in [2.05, 4.69) is 10.6 Å². The summed E-state index contributed by atoms with van der Waals surface area (Å²) >= 11 is 5.88. The highest BCUT2D eigenvalue weighted by Gasteiger charge is 2.11. The highest BCUT2D eigenvalue weighted by Crippen LogP contribution is 2.20. The highest BCUT2D eigenvalue weighted by atomic mass is 35.5. The minimum Gasteiger partial charge on any atom is -0.355 e. The minimum absolute atomic E-state index is 0.267. The lowest BCUT2D eigenvalue weighted by atomic mass is 10.1. The second-order valence-corrected chi connectivity index (χ2v) is 5.81. The van der Waals surface area contributed by atoms with E-state index in [0.717, 1.165) is 5.56 Å². The summed E-state index contributed by atoms with van der Waals surface area (Å²) in [6, 6.07) is 11.5. The standard InChI is InChI=1S/C18H18ClFN2O2/c1-12-6-7-14(19)10-16(12)22-18(24)11-17(23)21-9-8-13-4-2-3-5-15(13)20/h2-7,10H,8-9,11H2,1H3,(H,21,23)(H,22,24). The number of rotatable bonds is 6. The normalized spacial score (nSPS) is 10.3. The van der Waals surface area contributed by atoms with Gasteiger partial charge >= 0.3 is 0 Å². The van der Waals surface area contributed by atoms with Gasteiger partial charge in [0.2, 0.25) is 11.8 Å². The van der Waals surface area contributed by atoms with Crippen molar-refractivity contribution in [1.29, 1.82) is 0 Å². The van der Waals surface area contributed by atoms with E-state index >= 15 is 0 Å². The van der Waals surface area contributed by atoms with Gasteiger partial charge in [-0.25, -0.2) is 4.39 Å². The lowest BCUT2D eigenvalue weighted by Gasteiger charge is -2.09. The Balaban J connectivity index is 1.78. The lowest BCUT2D eigenvalue weighted by Crippen LogP contribution is -2.30. The molecule has 0 saturated carbocycles. The van der Waals surface area contributed by atoms with E-state index in [1.807, 2.05) is 6.92 Å². The zero-order chi connectivity index (χ0) is 17.5. The summed E-state index contributed by atoms with van der Waals surface area (Å²) < 4.78 is 13.4. The Hall–Kier alpha value is -2.40. The Morgan fingerprint density at radius 1 is 1.12 bits per heavy atom. The van der Waals surface area contributed by atoms with Crippen LogP contribution in [0.15, 0.2) is 42.5 Å². The molecule has 0 unspecified atom stereocenters. The van der Waals surface area contributed by atoms with E-state index in [4.69, 9.17) is 11.6 Å². The Bertz CT molecular complexity index is 750. The molecule has 0 atom stereocenters. The third kappa shape index (κ3) is 5.35. The molecule has 126 valence electrons. The molecule has 0 heterocycles. The molecule has 0 fully saturated rings. The fraction of sp³-hybridized carbons (Fsp3) is 0.222. The van der Waals surface area contributed by atoms with E-state index in [0.29, 0.717) is 22.7 Å². The van der Waals surface area contributed by atoms with Crippen LogP contribution in [0, 0.1) is 12.7 Å². The number of halogens is 2. The average molecular weight is 349 g/mol. The van der Waals surface area contributed by atoms with Crippen molar-refractivity contribution in [3.8, 4) is 0 Å². The van der Waals surface area contributed by atoms with E-state index < -0.39 is 11.8 Å². The molecule has 2 rings (SSSR count). The molecule has 2 aromatic carbocycles. The van der Waals surface area contributed by atoms with Crippen molar-refractivity contribution in [3.63, 3.8) is 0 Å². The molecule has 0 radical (unpaired) electrons. The van der Waals surface area contributed by atoms with E-state index in [1.54, 1.807) is 36.4 Å². The van der Waals surface area contributed by atoms with Crippen molar-refractivity contribution in [2.75, 3.05) is 11.9 Å². The molecule has 2 aromatic rings. The zero-order valence-electron chi connectivity index (χ0n) is 13.2. The number of aryl methyl sites for hydroxylation is 1. The maximum atomic E-state index is 13.4. The van der Waals surface area contributed by atoms with E-state index in [-0.39, 0.29) is 18.8 Å². The van der Waals surface area contributed by atoms with Gasteiger partial charge in [0.05, 0.1) is 0 Å². The van der Waals surface area contributed by atoms with Gasteiger partial charge in [0.25, 0.3) is 0 Å². The number of hydrogen-bond acceptors (Lipinski definition) is 2. The predicted octanol–water partition coefficient (Wildman–Crippen LogP) is 3.48. The largest absolute Gasteiger partial charge is 0.355 e. The van der Waals surface area contributed by atoms with Crippen LogP contribution < -0.4 is 10.6 Å². The molecule has 6 heteroatoms. The monoisotopic (exact) mass is 348 g/mol. The van der Waals surface area contributed by atoms with Crippen molar-refractivity contribution in [3.05, 3.63) is 64.4 Å². The summed E-state index contributed by atoms with van der Waals surface area (Å²) in [5, 5.41) is 5.77. The fourth-order valence-corrected chi connectivity index (χ4v) is 2.34. The molecule has 0 bridgehead atoms. The Kier molecular flexibility index (Phi) is 6.32. The number of carbonyl (C=O) groups excluding carboxylic acids is 2. The van der Waals surface area contributed by atoms with E-state index in [9.17, 15) is 14.0 Å². The average Bonchev–Trinajstić information content (AvgIpc) is 2.52. The van der Waals surface area contributed by atoms with Gasteiger partial charge in [0.15, 0.2) is 0 Å². The number of carbonyl (C=O) groups is 2. The quantitative estimate of drug-likeness (QED) is 0.785. The maximum absolute atomic E-state index is 13.4. The van der Waals surface area contributed by atoms with Crippen LogP contribution in [0.5, 0.6) is 0 Å². The number of benzene rings is 2. The van der Waals surface area contributed by atoms with Crippen LogP contribution in [0.2, 0.25) is 5.02 Å². The zero-order valence-corrected chi connectivity index (χ0v) is 14.0. The number of anilines is 1. The van der Waals surface area contributed by atoms with Crippen LogP contribution in [0.1, 0.15) is 17.5 Å². The molecule has 2 N–H and O–H groups in total. The van der Waals surface area contributed by atoms with Crippen LogP contribution in [-0.4, -0.2) is 18.4 Å². The first-order valence-electron chi connectivity index (χ1n) is 7.52. The molecule has 24 heavy (non-hydrogen) atoms. The molecule has 0 aromatic heterocycles. The molecule has 0 aliphatic rings. The highest BCUT2D eigenvalue weighted by molar-refractivity contribution is 6.31. The third-order valence-electron chi connectivity index (χ3n) is 3.47. The predicted molar refractivity (Wildman–Crippen MR) is 92.5 cm³/mol. The SMILES string of the molecule is Cc1ccc(Cl)cc1NC(=O)CC(=O)NCCc1ccccc1F.